The van der Waals surface area contributed by atoms with Crippen molar-refractivity contribution in [3.05, 3.63) is 0 Å². The Labute approximate surface area is 89.6 Å². The average Bonchev–Trinajstić information content (AvgIpc) is 2.63. The van der Waals surface area contributed by atoms with Gasteiger partial charge in [0, 0.05) is 13.1 Å². The fraction of sp³-hybridized carbons (Fsp3) is 0.875. The molecule has 88 valence electrons. The Morgan fingerprint density at radius 3 is 2.80 bits per heavy atom. The molecule has 1 saturated heterocycles. The second kappa shape index (κ2) is 5.43. The SMILES string of the molecule is NS(=O)(=O)CCCNC(=O)C1CCNC1. The predicted molar refractivity (Wildman–Crippen MR) is 56.6 cm³/mol. The van der Waals surface area contributed by atoms with Gasteiger partial charge in [-0.05, 0) is 19.4 Å². The summed E-state index contributed by atoms with van der Waals surface area (Å²) in [5, 5.41) is 10.6. The number of amides is 1. The van der Waals surface area contributed by atoms with Crippen LogP contribution in [0, 0.1) is 5.92 Å². The van der Waals surface area contributed by atoms with Gasteiger partial charge in [-0.1, -0.05) is 0 Å². The van der Waals surface area contributed by atoms with Gasteiger partial charge in [0.2, 0.25) is 15.9 Å². The third-order valence-electron chi connectivity index (χ3n) is 2.34. The van der Waals surface area contributed by atoms with Crippen molar-refractivity contribution in [2.75, 3.05) is 25.4 Å². The Bertz CT molecular complexity index is 309. The number of nitrogens with one attached hydrogen (secondary N) is 2. The van der Waals surface area contributed by atoms with Crippen molar-refractivity contribution in [1.29, 1.82) is 0 Å². The highest BCUT2D eigenvalue weighted by Gasteiger charge is 2.21. The highest BCUT2D eigenvalue weighted by atomic mass is 32.2. The zero-order chi connectivity index (χ0) is 11.3. The Kier molecular flexibility index (Phi) is 4.49. The summed E-state index contributed by atoms with van der Waals surface area (Å²) < 4.78 is 21.2. The smallest absolute Gasteiger partial charge is 0.224 e. The Hall–Kier alpha value is -0.660. The summed E-state index contributed by atoms with van der Waals surface area (Å²) in [6.07, 6.45) is 1.21. The van der Waals surface area contributed by atoms with Crippen molar-refractivity contribution in [2.24, 2.45) is 11.1 Å². The first kappa shape index (κ1) is 12.4. The van der Waals surface area contributed by atoms with Crippen LogP contribution in [0.15, 0.2) is 0 Å². The van der Waals surface area contributed by atoms with Gasteiger partial charge in [0.05, 0.1) is 11.7 Å². The molecule has 15 heavy (non-hydrogen) atoms. The minimum absolute atomic E-state index is 0.00517. The van der Waals surface area contributed by atoms with Crippen molar-refractivity contribution in [2.45, 2.75) is 12.8 Å². The van der Waals surface area contributed by atoms with Crippen molar-refractivity contribution in [3.63, 3.8) is 0 Å². The van der Waals surface area contributed by atoms with Gasteiger partial charge in [0.25, 0.3) is 0 Å². The molecule has 1 fully saturated rings. The maximum Gasteiger partial charge on any atom is 0.224 e. The van der Waals surface area contributed by atoms with E-state index in [4.69, 9.17) is 5.14 Å². The first-order chi connectivity index (χ1) is 6.99. The number of rotatable bonds is 5. The van der Waals surface area contributed by atoms with Gasteiger partial charge in [-0.15, -0.1) is 0 Å². The molecule has 1 rings (SSSR count). The molecule has 0 bridgehead atoms. The first-order valence-corrected chi connectivity index (χ1v) is 6.69. The van der Waals surface area contributed by atoms with Crippen LogP contribution >= 0.6 is 0 Å². The quantitative estimate of drug-likeness (QED) is 0.499. The summed E-state index contributed by atoms with van der Waals surface area (Å²) in [6, 6.07) is 0. The number of carbonyl (C=O) groups excluding carboxylic acids is 1. The Morgan fingerprint density at radius 2 is 2.27 bits per heavy atom. The van der Waals surface area contributed by atoms with E-state index in [-0.39, 0.29) is 17.6 Å². The Morgan fingerprint density at radius 1 is 1.53 bits per heavy atom. The highest BCUT2D eigenvalue weighted by Crippen LogP contribution is 2.06. The van der Waals surface area contributed by atoms with E-state index >= 15 is 0 Å². The lowest BCUT2D eigenvalue weighted by Crippen LogP contribution is -2.33. The molecule has 1 atom stereocenters. The molecule has 0 aliphatic carbocycles. The molecule has 0 aromatic heterocycles. The molecule has 4 N–H and O–H groups in total. The van der Waals surface area contributed by atoms with E-state index in [9.17, 15) is 13.2 Å². The molecule has 1 aliphatic heterocycles. The molecule has 7 heteroatoms. The van der Waals surface area contributed by atoms with Crippen LogP contribution < -0.4 is 15.8 Å². The molecule has 0 spiro atoms. The molecule has 1 amide bonds. The largest absolute Gasteiger partial charge is 0.356 e. The number of primary sulfonamides is 1. The lowest BCUT2D eigenvalue weighted by Gasteiger charge is -2.08. The number of hydrogen-bond acceptors (Lipinski definition) is 4. The minimum Gasteiger partial charge on any atom is -0.356 e. The van der Waals surface area contributed by atoms with Crippen LogP contribution in [-0.2, 0) is 14.8 Å². The number of nitrogens with two attached hydrogens (primary N) is 1. The molecule has 0 aromatic carbocycles. The molecular formula is C8H17N3O3S. The maximum atomic E-state index is 11.4. The zero-order valence-corrected chi connectivity index (χ0v) is 9.35. The predicted octanol–water partition coefficient (Wildman–Crippen LogP) is -1.61. The van der Waals surface area contributed by atoms with Crippen LogP contribution in [0.1, 0.15) is 12.8 Å². The fourth-order valence-electron chi connectivity index (χ4n) is 1.51. The van der Waals surface area contributed by atoms with Crippen LogP contribution in [0.5, 0.6) is 0 Å². The summed E-state index contributed by atoms with van der Waals surface area (Å²) in [7, 11) is -3.40. The molecule has 6 nitrogen and oxygen atoms in total. The summed E-state index contributed by atoms with van der Waals surface area (Å²) in [5.74, 6) is -0.0650. The van der Waals surface area contributed by atoms with E-state index in [1.54, 1.807) is 0 Å². The van der Waals surface area contributed by atoms with Gasteiger partial charge >= 0.3 is 0 Å². The van der Waals surface area contributed by atoms with Gasteiger partial charge in [-0.2, -0.15) is 0 Å². The third-order valence-corrected chi connectivity index (χ3v) is 3.19. The van der Waals surface area contributed by atoms with E-state index in [0.717, 1.165) is 13.0 Å². The second-order valence-corrected chi connectivity index (χ2v) is 5.44. The highest BCUT2D eigenvalue weighted by molar-refractivity contribution is 7.89. The monoisotopic (exact) mass is 235 g/mol. The summed E-state index contributed by atoms with van der Waals surface area (Å²) in [5.41, 5.74) is 0. The molecule has 1 heterocycles. The molecular weight excluding hydrogens is 218 g/mol. The number of hydrogen-bond donors (Lipinski definition) is 3. The van der Waals surface area contributed by atoms with Crippen LogP contribution in [0.2, 0.25) is 0 Å². The van der Waals surface area contributed by atoms with Crippen molar-refractivity contribution >= 4 is 15.9 Å². The summed E-state index contributed by atoms with van der Waals surface area (Å²) in [6.45, 7) is 1.95. The maximum absolute atomic E-state index is 11.4. The first-order valence-electron chi connectivity index (χ1n) is 4.98. The lowest BCUT2D eigenvalue weighted by molar-refractivity contribution is -0.124. The van der Waals surface area contributed by atoms with Crippen LogP contribution in [0.3, 0.4) is 0 Å². The van der Waals surface area contributed by atoms with Gasteiger partial charge in [-0.3, -0.25) is 4.79 Å². The van der Waals surface area contributed by atoms with E-state index in [0.29, 0.717) is 19.5 Å². The fourth-order valence-corrected chi connectivity index (χ4v) is 2.05. The van der Waals surface area contributed by atoms with Gasteiger partial charge < -0.3 is 10.6 Å². The van der Waals surface area contributed by atoms with Crippen LogP contribution in [-0.4, -0.2) is 39.7 Å². The third kappa shape index (κ3) is 5.10. The van der Waals surface area contributed by atoms with Crippen LogP contribution in [0.4, 0.5) is 0 Å². The van der Waals surface area contributed by atoms with Gasteiger partial charge in [0.1, 0.15) is 0 Å². The molecule has 0 radical (unpaired) electrons. The normalized spacial score (nSPS) is 21.5. The van der Waals surface area contributed by atoms with E-state index in [1.165, 1.54) is 0 Å². The number of carbonyl (C=O) groups is 1. The summed E-state index contributed by atoms with van der Waals surface area (Å²) >= 11 is 0. The van der Waals surface area contributed by atoms with Crippen molar-refractivity contribution in [3.8, 4) is 0 Å². The zero-order valence-electron chi connectivity index (χ0n) is 8.53. The standard InChI is InChI=1S/C8H17N3O3S/c9-15(13,14)5-1-3-11-8(12)7-2-4-10-6-7/h7,10H,1-6H2,(H,11,12)(H2,9,13,14). The minimum atomic E-state index is -3.40. The van der Waals surface area contributed by atoms with Gasteiger partial charge in [0.15, 0.2) is 0 Å². The number of sulfonamides is 1. The molecule has 1 aliphatic rings. The molecule has 0 aromatic rings. The van der Waals surface area contributed by atoms with E-state index < -0.39 is 10.0 Å². The van der Waals surface area contributed by atoms with Gasteiger partial charge in [-0.25, -0.2) is 13.6 Å². The van der Waals surface area contributed by atoms with E-state index in [2.05, 4.69) is 10.6 Å². The second-order valence-electron chi connectivity index (χ2n) is 3.70. The van der Waals surface area contributed by atoms with Crippen LogP contribution in [0.25, 0.3) is 0 Å². The van der Waals surface area contributed by atoms with Crippen molar-refractivity contribution < 1.29 is 13.2 Å². The average molecular weight is 235 g/mol. The van der Waals surface area contributed by atoms with E-state index in [1.807, 2.05) is 0 Å². The molecule has 0 saturated carbocycles. The van der Waals surface area contributed by atoms with Crippen molar-refractivity contribution in [1.82, 2.24) is 10.6 Å². The molecule has 1 unspecified atom stereocenters. The topological polar surface area (TPSA) is 101 Å². The Balaban J connectivity index is 2.12. The lowest BCUT2D eigenvalue weighted by atomic mass is 10.1. The summed E-state index contributed by atoms with van der Waals surface area (Å²) in [4.78, 5) is 11.4.